The van der Waals surface area contributed by atoms with E-state index in [2.05, 4.69) is 11.0 Å². The molecule has 1 rings (SSSR count). The van der Waals surface area contributed by atoms with Gasteiger partial charge in [-0.3, -0.25) is 0 Å². The van der Waals surface area contributed by atoms with Gasteiger partial charge in [0.25, 0.3) is 0 Å². The van der Waals surface area contributed by atoms with Crippen LogP contribution >= 0.6 is 0 Å². The number of hydrogen-bond donors (Lipinski definition) is 0. The molecule has 0 unspecified atom stereocenters. The molecule has 1 fully saturated rings. The van der Waals surface area contributed by atoms with Crippen molar-refractivity contribution in [2.75, 3.05) is 26.3 Å². The van der Waals surface area contributed by atoms with Crippen LogP contribution in [0.1, 0.15) is 6.92 Å². The van der Waals surface area contributed by atoms with Gasteiger partial charge < -0.3 is 9.64 Å². The number of hydrogen-bond acceptors (Lipinski definition) is 3. The van der Waals surface area contributed by atoms with Crippen LogP contribution in [0.25, 0.3) is 0 Å². The molecule has 1 aliphatic rings. The number of ether oxygens (including phenoxy) is 1. The average Bonchev–Trinajstić information content (AvgIpc) is 2.06. The first kappa shape index (κ1) is 8.09. The van der Waals surface area contributed by atoms with E-state index in [1.54, 1.807) is 0 Å². The summed E-state index contributed by atoms with van der Waals surface area (Å²) in [7, 11) is 0. The van der Waals surface area contributed by atoms with Gasteiger partial charge in [0.05, 0.1) is 19.3 Å². The van der Waals surface area contributed by atoms with E-state index in [1.165, 1.54) is 0 Å². The molecule has 1 heterocycles. The van der Waals surface area contributed by atoms with Gasteiger partial charge in [-0.15, -0.1) is 0 Å². The highest BCUT2D eigenvalue weighted by molar-refractivity contribution is 5.16. The summed E-state index contributed by atoms with van der Waals surface area (Å²) in [5.74, 6) is 0. The molecule has 0 N–H and O–H groups in total. The van der Waals surface area contributed by atoms with Crippen LogP contribution in [-0.2, 0) is 4.74 Å². The second-order valence-corrected chi connectivity index (χ2v) is 2.57. The summed E-state index contributed by atoms with van der Waals surface area (Å²) in [5, 5.41) is 8.49. The Bertz CT molecular complexity index is 187. The average molecular weight is 152 g/mol. The van der Waals surface area contributed by atoms with Crippen molar-refractivity contribution < 1.29 is 4.74 Å². The van der Waals surface area contributed by atoms with Crippen molar-refractivity contribution in [2.45, 2.75) is 6.92 Å². The zero-order valence-electron chi connectivity index (χ0n) is 6.71. The SMILES string of the molecule is CC(C#N)=CN1CCOCC1. The molecule has 0 aromatic carbocycles. The lowest BCUT2D eigenvalue weighted by Crippen LogP contribution is -2.32. The van der Waals surface area contributed by atoms with Gasteiger partial charge in [0.15, 0.2) is 0 Å². The fraction of sp³-hybridized carbons (Fsp3) is 0.625. The normalized spacial score (nSPS) is 19.6. The molecule has 60 valence electrons. The Kier molecular flexibility index (Phi) is 2.94. The standard InChI is InChI=1S/C8H12N2O/c1-8(6-9)7-10-2-4-11-5-3-10/h7H,2-5H2,1H3. The highest BCUT2D eigenvalue weighted by atomic mass is 16.5. The number of nitrogens with zero attached hydrogens (tertiary/aromatic N) is 2. The van der Waals surface area contributed by atoms with E-state index in [0.29, 0.717) is 0 Å². The monoisotopic (exact) mass is 152 g/mol. The van der Waals surface area contributed by atoms with E-state index >= 15 is 0 Å². The highest BCUT2D eigenvalue weighted by Gasteiger charge is 2.05. The van der Waals surface area contributed by atoms with Crippen LogP contribution in [-0.4, -0.2) is 31.2 Å². The molecule has 1 saturated heterocycles. The number of morpholine rings is 1. The van der Waals surface area contributed by atoms with Crippen molar-refractivity contribution in [3.63, 3.8) is 0 Å². The first-order chi connectivity index (χ1) is 5.33. The second kappa shape index (κ2) is 3.99. The minimum absolute atomic E-state index is 0.756. The lowest BCUT2D eigenvalue weighted by Gasteiger charge is -2.25. The fourth-order valence-electron chi connectivity index (χ4n) is 1.01. The first-order valence-corrected chi connectivity index (χ1v) is 3.73. The van der Waals surface area contributed by atoms with Gasteiger partial charge in [0.1, 0.15) is 0 Å². The van der Waals surface area contributed by atoms with Crippen molar-refractivity contribution in [3.8, 4) is 6.07 Å². The van der Waals surface area contributed by atoms with Gasteiger partial charge >= 0.3 is 0 Å². The number of rotatable bonds is 1. The third-order valence-corrected chi connectivity index (χ3v) is 1.60. The van der Waals surface area contributed by atoms with Crippen LogP contribution in [0, 0.1) is 11.3 Å². The van der Waals surface area contributed by atoms with Crippen LogP contribution < -0.4 is 0 Å². The third kappa shape index (κ3) is 2.60. The molecule has 0 bridgehead atoms. The molecule has 0 radical (unpaired) electrons. The molecule has 0 aliphatic carbocycles. The molecular formula is C8H12N2O. The Morgan fingerprint density at radius 2 is 2.18 bits per heavy atom. The molecule has 0 saturated carbocycles. The summed E-state index contributed by atoms with van der Waals surface area (Å²) in [6.45, 7) is 5.16. The zero-order valence-corrected chi connectivity index (χ0v) is 6.71. The summed E-state index contributed by atoms with van der Waals surface area (Å²) in [5.41, 5.74) is 0.756. The maximum absolute atomic E-state index is 8.49. The van der Waals surface area contributed by atoms with Crippen molar-refractivity contribution in [3.05, 3.63) is 11.8 Å². The van der Waals surface area contributed by atoms with Crippen molar-refractivity contribution in [1.29, 1.82) is 5.26 Å². The van der Waals surface area contributed by atoms with Gasteiger partial charge in [-0.25, -0.2) is 0 Å². The van der Waals surface area contributed by atoms with Crippen LogP contribution in [0.2, 0.25) is 0 Å². The van der Waals surface area contributed by atoms with E-state index in [4.69, 9.17) is 10.00 Å². The molecule has 11 heavy (non-hydrogen) atoms. The Hall–Kier alpha value is -1.01. The maximum atomic E-state index is 8.49. The van der Waals surface area contributed by atoms with E-state index < -0.39 is 0 Å². The summed E-state index contributed by atoms with van der Waals surface area (Å²) in [4.78, 5) is 2.11. The molecule has 0 aromatic heterocycles. The molecule has 0 aromatic rings. The predicted molar refractivity (Wildman–Crippen MR) is 41.8 cm³/mol. The Morgan fingerprint density at radius 1 is 1.55 bits per heavy atom. The van der Waals surface area contributed by atoms with Crippen LogP contribution in [0.4, 0.5) is 0 Å². The molecule has 3 heteroatoms. The Balaban J connectivity index is 2.42. The molecule has 0 amide bonds. The Morgan fingerprint density at radius 3 is 2.73 bits per heavy atom. The number of allylic oxidation sites excluding steroid dienone is 1. The summed E-state index contributed by atoms with van der Waals surface area (Å²) >= 11 is 0. The van der Waals surface area contributed by atoms with Gasteiger partial charge in [0.2, 0.25) is 0 Å². The first-order valence-electron chi connectivity index (χ1n) is 3.73. The largest absolute Gasteiger partial charge is 0.378 e. The summed E-state index contributed by atoms with van der Waals surface area (Å²) in [6.07, 6.45) is 1.89. The second-order valence-electron chi connectivity index (χ2n) is 2.57. The topological polar surface area (TPSA) is 36.3 Å². The summed E-state index contributed by atoms with van der Waals surface area (Å²) in [6, 6.07) is 2.09. The smallest absolute Gasteiger partial charge is 0.0959 e. The minimum Gasteiger partial charge on any atom is -0.378 e. The van der Waals surface area contributed by atoms with Crippen LogP contribution in [0.3, 0.4) is 0 Å². The quantitative estimate of drug-likeness (QED) is 0.520. The molecule has 0 atom stereocenters. The maximum Gasteiger partial charge on any atom is 0.0959 e. The highest BCUT2D eigenvalue weighted by Crippen LogP contribution is 2.00. The third-order valence-electron chi connectivity index (χ3n) is 1.60. The van der Waals surface area contributed by atoms with Gasteiger partial charge in [-0.2, -0.15) is 5.26 Å². The van der Waals surface area contributed by atoms with Gasteiger partial charge in [-0.05, 0) is 6.92 Å². The van der Waals surface area contributed by atoms with E-state index in [0.717, 1.165) is 31.9 Å². The minimum atomic E-state index is 0.756. The van der Waals surface area contributed by atoms with Crippen LogP contribution in [0.15, 0.2) is 11.8 Å². The number of nitriles is 1. The zero-order chi connectivity index (χ0) is 8.10. The van der Waals surface area contributed by atoms with Crippen molar-refractivity contribution >= 4 is 0 Å². The lowest BCUT2D eigenvalue weighted by atomic mass is 10.3. The predicted octanol–water partition coefficient (Wildman–Crippen LogP) is 0.746. The van der Waals surface area contributed by atoms with Crippen LogP contribution in [0.5, 0.6) is 0 Å². The van der Waals surface area contributed by atoms with Gasteiger partial charge in [0, 0.05) is 24.9 Å². The molecule has 3 nitrogen and oxygen atoms in total. The molecular weight excluding hydrogens is 140 g/mol. The van der Waals surface area contributed by atoms with E-state index in [-0.39, 0.29) is 0 Å². The van der Waals surface area contributed by atoms with E-state index in [9.17, 15) is 0 Å². The fourth-order valence-corrected chi connectivity index (χ4v) is 1.01. The van der Waals surface area contributed by atoms with Gasteiger partial charge in [-0.1, -0.05) is 0 Å². The summed E-state index contributed by atoms with van der Waals surface area (Å²) < 4.78 is 5.16. The van der Waals surface area contributed by atoms with Crippen molar-refractivity contribution in [1.82, 2.24) is 4.90 Å². The van der Waals surface area contributed by atoms with E-state index in [1.807, 2.05) is 13.1 Å². The molecule has 1 aliphatic heterocycles. The lowest BCUT2D eigenvalue weighted by molar-refractivity contribution is 0.0591. The molecule has 0 spiro atoms. The Labute approximate surface area is 66.9 Å². The van der Waals surface area contributed by atoms with Crippen molar-refractivity contribution in [2.24, 2.45) is 0 Å².